The monoisotopic (exact) mass is 228 g/mol. The van der Waals surface area contributed by atoms with Gasteiger partial charge in [-0.3, -0.25) is 0 Å². The third kappa shape index (κ3) is 2.86. The van der Waals surface area contributed by atoms with Crippen LogP contribution in [0, 0.1) is 0 Å². The van der Waals surface area contributed by atoms with Crippen LogP contribution in [0.15, 0.2) is 0 Å². The minimum absolute atomic E-state index is 0.0609. The molecule has 0 aromatic rings. The molecular weight excluding hydrogens is 208 g/mol. The summed E-state index contributed by atoms with van der Waals surface area (Å²) in [6.07, 6.45) is 3.46. The third-order valence-corrected chi connectivity index (χ3v) is 3.34. The Kier molecular flexibility index (Phi) is 4.01. The summed E-state index contributed by atoms with van der Waals surface area (Å²) in [5, 5.41) is 12.7. The average molecular weight is 228 g/mol. The fourth-order valence-corrected chi connectivity index (χ4v) is 2.30. The van der Waals surface area contributed by atoms with Crippen LogP contribution < -0.4 is 5.32 Å². The lowest BCUT2D eigenvalue weighted by atomic mass is 9.93. The van der Waals surface area contributed by atoms with Gasteiger partial charge in [-0.15, -0.1) is 0 Å². The van der Waals surface area contributed by atoms with E-state index in [9.17, 15) is 9.90 Å². The molecule has 5 heteroatoms. The first-order valence-electron chi connectivity index (χ1n) is 6.08. The lowest BCUT2D eigenvalue weighted by molar-refractivity contribution is 0.0468. The number of aliphatic hydroxyl groups excluding tert-OH is 1. The van der Waals surface area contributed by atoms with Gasteiger partial charge < -0.3 is 20.1 Å². The summed E-state index contributed by atoms with van der Waals surface area (Å²) >= 11 is 0. The summed E-state index contributed by atoms with van der Waals surface area (Å²) < 4.78 is 5.19. The highest BCUT2D eigenvalue weighted by molar-refractivity contribution is 5.74. The van der Waals surface area contributed by atoms with Crippen LogP contribution in [0.5, 0.6) is 0 Å². The zero-order valence-electron chi connectivity index (χ0n) is 9.52. The van der Waals surface area contributed by atoms with E-state index in [1.54, 1.807) is 4.90 Å². The fourth-order valence-electron chi connectivity index (χ4n) is 2.30. The third-order valence-electron chi connectivity index (χ3n) is 3.34. The predicted octanol–water partition coefficient (Wildman–Crippen LogP) is 0.332. The summed E-state index contributed by atoms with van der Waals surface area (Å²) in [6.45, 7) is 2.52. The van der Waals surface area contributed by atoms with Crippen molar-refractivity contribution in [1.82, 2.24) is 10.2 Å². The Morgan fingerprint density at radius 3 is 2.62 bits per heavy atom. The van der Waals surface area contributed by atoms with Crippen LogP contribution in [0.25, 0.3) is 0 Å². The van der Waals surface area contributed by atoms with Gasteiger partial charge in [-0.05, 0) is 12.8 Å². The second-order valence-corrected chi connectivity index (χ2v) is 4.51. The second kappa shape index (κ2) is 5.50. The minimum Gasteiger partial charge on any atom is -0.391 e. The van der Waals surface area contributed by atoms with Crippen molar-refractivity contribution in [2.75, 3.05) is 26.3 Å². The molecule has 1 heterocycles. The summed E-state index contributed by atoms with van der Waals surface area (Å²) in [6, 6.07) is -0.127. The Balaban J connectivity index is 1.80. The number of amides is 2. The normalized spacial score (nSPS) is 31.2. The van der Waals surface area contributed by atoms with E-state index in [-0.39, 0.29) is 18.2 Å². The summed E-state index contributed by atoms with van der Waals surface area (Å²) in [5.74, 6) is 0. The smallest absolute Gasteiger partial charge is 0.317 e. The first-order valence-corrected chi connectivity index (χ1v) is 6.08. The first-order chi connectivity index (χ1) is 7.77. The molecule has 2 N–H and O–H groups in total. The van der Waals surface area contributed by atoms with Crippen LogP contribution in [-0.4, -0.2) is 54.5 Å². The van der Waals surface area contributed by atoms with Crippen LogP contribution in [-0.2, 0) is 4.74 Å². The van der Waals surface area contributed by atoms with E-state index in [1.165, 1.54) is 0 Å². The number of ether oxygens (including phenoxy) is 1. The Morgan fingerprint density at radius 1 is 1.25 bits per heavy atom. The maximum atomic E-state index is 11.9. The molecule has 5 nitrogen and oxygen atoms in total. The number of carbonyl (C=O) groups is 1. The summed E-state index contributed by atoms with van der Waals surface area (Å²) in [4.78, 5) is 13.6. The summed E-state index contributed by atoms with van der Waals surface area (Å²) in [5.41, 5.74) is 0. The molecule has 2 fully saturated rings. The highest BCUT2D eigenvalue weighted by Gasteiger charge is 2.26. The van der Waals surface area contributed by atoms with Crippen LogP contribution in [0.3, 0.4) is 0 Å². The molecule has 0 unspecified atom stereocenters. The Bertz CT molecular complexity index is 241. The number of nitrogens with one attached hydrogen (secondary N) is 1. The van der Waals surface area contributed by atoms with E-state index in [4.69, 9.17) is 4.74 Å². The summed E-state index contributed by atoms with van der Waals surface area (Å²) in [7, 11) is 0. The molecule has 92 valence electrons. The molecule has 1 saturated carbocycles. The molecule has 0 bridgehead atoms. The van der Waals surface area contributed by atoms with Crippen molar-refractivity contribution in [1.29, 1.82) is 0 Å². The van der Waals surface area contributed by atoms with Crippen LogP contribution in [0.2, 0.25) is 0 Å². The van der Waals surface area contributed by atoms with Crippen molar-refractivity contribution in [3.05, 3.63) is 0 Å². The molecule has 0 aromatic carbocycles. The van der Waals surface area contributed by atoms with E-state index in [2.05, 4.69) is 5.32 Å². The molecule has 1 aliphatic heterocycles. The lowest BCUT2D eigenvalue weighted by Gasteiger charge is -2.32. The van der Waals surface area contributed by atoms with Crippen LogP contribution in [0.1, 0.15) is 25.7 Å². The molecule has 1 aliphatic carbocycles. The first kappa shape index (κ1) is 11.7. The topological polar surface area (TPSA) is 61.8 Å². The molecule has 2 aliphatic rings. The zero-order chi connectivity index (χ0) is 11.4. The van der Waals surface area contributed by atoms with E-state index in [1.807, 2.05) is 0 Å². The van der Waals surface area contributed by atoms with E-state index < -0.39 is 0 Å². The van der Waals surface area contributed by atoms with E-state index in [0.717, 1.165) is 25.7 Å². The van der Waals surface area contributed by atoms with Crippen molar-refractivity contribution in [2.24, 2.45) is 0 Å². The number of nitrogens with zero attached hydrogens (tertiary/aromatic N) is 1. The number of rotatable bonds is 1. The largest absolute Gasteiger partial charge is 0.391 e. The van der Waals surface area contributed by atoms with Gasteiger partial charge in [0.05, 0.1) is 25.4 Å². The van der Waals surface area contributed by atoms with Gasteiger partial charge in [0.15, 0.2) is 0 Å². The lowest BCUT2D eigenvalue weighted by Crippen LogP contribution is -2.52. The van der Waals surface area contributed by atoms with Gasteiger partial charge in [0.2, 0.25) is 0 Å². The second-order valence-electron chi connectivity index (χ2n) is 4.51. The van der Waals surface area contributed by atoms with Crippen molar-refractivity contribution in [3.8, 4) is 0 Å². The SMILES string of the molecule is O=C(N[C@H]1CCCC[C@@H]1O)N1CCOCC1. The predicted molar refractivity (Wildman–Crippen MR) is 59.2 cm³/mol. The van der Waals surface area contributed by atoms with Crippen molar-refractivity contribution < 1.29 is 14.6 Å². The fraction of sp³-hybridized carbons (Fsp3) is 0.909. The molecular formula is C11H20N2O3. The molecule has 2 amide bonds. The van der Waals surface area contributed by atoms with Gasteiger partial charge in [0, 0.05) is 13.1 Å². The Hall–Kier alpha value is -0.810. The molecule has 0 spiro atoms. The van der Waals surface area contributed by atoms with Gasteiger partial charge in [-0.2, -0.15) is 0 Å². The van der Waals surface area contributed by atoms with Crippen LogP contribution >= 0.6 is 0 Å². The van der Waals surface area contributed by atoms with Gasteiger partial charge in [-0.25, -0.2) is 4.79 Å². The molecule has 0 aromatic heterocycles. The Morgan fingerprint density at radius 2 is 1.94 bits per heavy atom. The number of aliphatic hydroxyl groups is 1. The van der Waals surface area contributed by atoms with E-state index in [0.29, 0.717) is 26.3 Å². The Labute approximate surface area is 95.8 Å². The van der Waals surface area contributed by atoms with Crippen molar-refractivity contribution in [2.45, 2.75) is 37.8 Å². The number of carbonyl (C=O) groups excluding carboxylic acids is 1. The standard InChI is InChI=1S/C11H20N2O3/c14-10-4-2-1-3-9(10)12-11(15)13-5-7-16-8-6-13/h9-10,14H,1-8H2,(H,12,15)/t9-,10-/m0/s1. The van der Waals surface area contributed by atoms with E-state index >= 15 is 0 Å². The van der Waals surface area contributed by atoms with Gasteiger partial charge in [0.1, 0.15) is 0 Å². The van der Waals surface area contributed by atoms with Crippen molar-refractivity contribution >= 4 is 6.03 Å². The number of hydrogen-bond donors (Lipinski definition) is 2. The zero-order valence-corrected chi connectivity index (χ0v) is 9.52. The molecule has 1 saturated heterocycles. The van der Waals surface area contributed by atoms with Gasteiger partial charge >= 0.3 is 6.03 Å². The quantitative estimate of drug-likeness (QED) is 0.680. The maximum Gasteiger partial charge on any atom is 0.317 e. The number of hydrogen-bond acceptors (Lipinski definition) is 3. The molecule has 0 radical (unpaired) electrons. The van der Waals surface area contributed by atoms with Gasteiger partial charge in [-0.1, -0.05) is 12.8 Å². The van der Waals surface area contributed by atoms with Gasteiger partial charge in [0.25, 0.3) is 0 Å². The molecule has 2 atom stereocenters. The number of morpholine rings is 1. The highest BCUT2D eigenvalue weighted by Crippen LogP contribution is 2.18. The highest BCUT2D eigenvalue weighted by atomic mass is 16.5. The average Bonchev–Trinajstić information content (AvgIpc) is 2.33. The molecule has 16 heavy (non-hydrogen) atoms. The number of urea groups is 1. The molecule has 2 rings (SSSR count). The minimum atomic E-state index is -0.376. The van der Waals surface area contributed by atoms with Crippen molar-refractivity contribution in [3.63, 3.8) is 0 Å². The van der Waals surface area contributed by atoms with Crippen LogP contribution in [0.4, 0.5) is 4.79 Å². The maximum absolute atomic E-state index is 11.9.